The highest BCUT2D eigenvalue weighted by Crippen LogP contribution is 2.28. The molecule has 1 aliphatic heterocycles. The molecule has 2 aromatic carbocycles. The minimum absolute atomic E-state index is 0.0300. The molecule has 1 aliphatic rings. The standard InChI is InChI=1S/C22H26N2O2/c1-4-23(14-18-8-6-5-7-9-18)22(26)19-13-21(25)24(15-19)20-11-10-16(2)17(3)12-20/h5-12,19H,4,13-15H2,1-3H3. The number of hydrogen-bond donors (Lipinski definition) is 0. The van der Waals surface area contributed by atoms with Gasteiger partial charge in [-0.3, -0.25) is 9.59 Å². The Labute approximate surface area is 155 Å². The summed E-state index contributed by atoms with van der Waals surface area (Å²) in [4.78, 5) is 29.1. The monoisotopic (exact) mass is 350 g/mol. The number of benzene rings is 2. The maximum absolute atomic E-state index is 13.0. The third kappa shape index (κ3) is 3.79. The zero-order valence-electron chi connectivity index (χ0n) is 15.7. The van der Waals surface area contributed by atoms with Gasteiger partial charge in [0.15, 0.2) is 0 Å². The SMILES string of the molecule is CCN(Cc1ccccc1)C(=O)C1CC(=O)N(c2ccc(C)c(C)c2)C1. The Morgan fingerprint density at radius 2 is 1.85 bits per heavy atom. The summed E-state index contributed by atoms with van der Waals surface area (Å²) in [6.45, 7) is 7.78. The van der Waals surface area contributed by atoms with Gasteiger partial charge in [-0.05, 0) is 49.6 Å². The lowest BCUT2D eigenvalue weighted by molar-refractivity contribution is -0.136. The summed E-state index contributed by atoms with van der Waals surface area (Å²) < 4.78 is 0. The lowest BCUT2D eigenvalue weighted by Crippen LogP contribution is -2.37. The molecule has 3 rings (SSSR count). The van der Waals surface area contributed by atoms with E-state index in [-0.39, 0.29) is 24.2 Å². The largest absolute Gasteiger partial charge is 0.338 e. The molecule has 0 radical (unpaired) electrons. The number of carbonyl (C=O) groups excluding carboxylic acids is 2. The van der Waals surface area contributed by atoms with E-state index in [1.54, 1.807) is 4.90 Å². The van der Waals surface area contributed by atoms with Gasteiger partial charge in [0.05, 0.1) is 5.92 Å². The third-order valence-corrected chi connectivity index (χ3v) is 5.19. The van der Waals surface area contributed by atoms with E-state index in [0.717, 1.165) is 16.8 Å². The fourth-order valence-corrected chi connectivity index (χ4v) is 3.42. The highest BCUT2D eigenvalue weighted by Gasteiger charge is 2.37. The number of anilines is 1. The van der Waals surface area contributed by atoms with Crippen LogP contribution in [0, 0.1) is 19.8 Å². The van der Waals surface area contributed by atoms with Gasteiger partial charge in [-0.1, -0.05) is 36.4 Å². The van der Waals surface area contributed by atoms with Crippen LogP contribution >= 0.6 is 0 Å². The average Bonchev–Trinajstić information content (AvgIpc) is 3.04. The molecule has 0 N–H and O–H groups in total. The van der Waals surface area contributed by atoms with Crippen molar-refractivity contribution in [2.75, 3.05) is 18.0 Å². The predicted molar refractivity (Wildman–Crippen MR) is 104 cm³/mol. The van der Waals surface area contributed by atoms with Gasteiger partial charge in [0.2, 0.25) is 11.8 Å². The molecular weight excluding hydrogens is 324 g/mol. The fourth-order valence-electron chi connectivity index (χ4n) is 3.42. The Kier molecular flexibility index (Phi) is 5.40. The summed E-state index contributed by atoms with van der Waals surface area (Å²) in [6, 6.07) is 16.0. The minimum Gasteiger partial charge on any atom is -0.338 e. The Balaban J connectivity index is 1.72. The van der Waals surface area contributed by atoms with Gasteiger partial charge in [0.1, 0.15) is 0 Å². The summed E-state index contributed by atoms with van der Waals surface area (Å²) in [5.41, 5.74) is 4.36. The molecule has 2 aromatic rings. The Morgan fingerprint density at radius 3 is 2.50 bits per heavy atom. The van der Waals surface area contributed by atoms with Crippen LogP contribution in [0.5, 0.6) is 0 Å². The fraction of sp³-hybridized carbons (Fsp3) is 0.364. The number of aryl methyl sites for hydroxylation is 2. The molecule has 26 heavy (non-hydrogen) atoms. The number of nitrogens with zero attached hydrogens (tertiary/aromatic N) is 2. The van der Waals surface area contributed by atoms with Gasteiger partial charge in [0, 0.05) is 31.7 Å². The maximum atomic E-state index is 13.0. The van der Waals surface area contributed by atoms with E-state index in [9.17, 15) is 9.59 Å². The molecule has 0 spiro atoms. The van der Waals surface area contributed by atoms with Crippen LogP contribution in [0.3, 0.4) is 0 Å². The van der Waals surface area contributed by atoms with Crippen LogP contribution in [0.4, 0.5) is 5.69 Å². The van der Waals surface area contributed by atoms with E-state index in [1.807, 2.05) is 67.3 Å². The Morgan fingerprint density at radius 1 is 1.12 bits per heavy atom. The van der Waals surface area contributed by atoms with Gasteiger partial charge in [0.25, 0.3) is 0 Å². The second-order valence-corrected chi connectivity index (χ2v) is 7.01. The van der Waals surface area contributed by atoms with Crippen LogP contribution < -0.4 is 4.90 Å². The summed E-state index contributed by atoms with van der Waals surface area (Å²) in [6.07, 6.45) is 0.289. The predicted octanol–water partition coefficient (Wildman–Crippen LogP) is 3.71. The van der Waals surface area contributed by atoms with Crippen molar-refractivity contribution in [3.8, 4) is 0 Å². The zero-order chi connectivity index (χ0) is 18.7. The molecule has 0 aromatic heterocycles. The molecule has 0 saturated carbocycles. The molecule has 1 atom stereocenters. The highest BCUT2D eigenvalue weighted by molar-refractivity contribution is 6.00. The summed E-state index contributed by atoms with van der Waals surface area (Å²) in [7, 11) is 0. The molecule has 1 saturated heterocycles. The third-order valence-electron chi connectivity index (χ3n) is 5.19. The van der Waals surface area contributed by atoms with Gasteiger partial charge >= 0.3 is 0 Å². The zero-order valence-corrected chi connectivity index (χ0v) is 15.7. The quantitative estimate of drug-likeness (QED) is 0.825. The second kappa shape index (κ2) is 7.73. The molecule has 2 amide bonds. The second-order valence-electron chi connectivity index (χ2n) is 7.01. The summed E-state index contributed by atoms with van der Waals surface area (Å²) in [5.74, 6) is -0.175. The van der Waals surface area contributed by atoms with Crippen molar-refractivity contribution in [3.05, 3.63) is 65.2 Å². The summed E-state index contributed by atoms with van der Waals surface area (Å²) >= 11 is 0. The van der Waals surface area contributed by atoms with E-state index in [4.69, 9.17) is 0 Å². The van der Waals surface area contributed by atoms with Gasteiger partial charge in [-0.25, -0.2) is 0 Å². The molecular formula is C22H26N2O2. The number of rotatable bonds is 5. The molecule has 1 unspecified atom stereocenters. The molecule has 1 fully saturated rings. The van der Waals surface area contributed by atoms with Crippen LogP contribution in [0.15, 0.2) is 48.5 Å². The molecule has 0 bridgehead atoms. The van der Waals surface area contributed by atoms with Gasteiger partial charge in [-0.15, -0.1) is 0 Å². The first kappa shape index (κ1) is 18.2. The van der Waals surface area contributed by atoms with Crippen LogP contribution in [0.1, 0.15) is 30.0 Å². The van der Waals surface area contributed by atoms with Crippen LogP contribution in [-0.4, -0.2) is 29.8 Å². The first-order chi connectivity index (χ1) is 12.5. The smallest absolute Gasteiger partial charge is 0.228 e. The van der Waals surface area contributed by atoms with Gasteiger partial charge < -0.3 is 9.80 Å². The Hall–Kier alpha value is -2.62. The first-order valence-electron chi connectivity index (χ1n) is 9.20. The van der Waals surface area contributed by atoms with E-state index >= 15 is 0 Å². The molecule has 0 aliphatic carbocycles. The van der Waals surface area contributed by atoms with E-state index in [2.05, 4.69) is 6.92 Å². The highest BCUT2D eigenvalue weighted by atomic mass is 16.2. The van der Waals surface area contributed by atoms with E-state index in [0.29, 0.717) is 19.6 Å². The molecule has 4 nitrogen and oxygen atoms in total. The van der Waals surface area contributed by atoms with Crippen molar-refractivity contribution < 1.29 is 9.59 Å². The molecule has 4 heteroatoms. The van der Waals surface area contributed by atoms with Crippen molar-refractivity contribution >= 4 is 17.5 Å². The van der Waals surface area contributed by atoms with Crippen LogP contribution in [0.2, 0.25) is 0 Å². The van der Waals surface area contributed by atoms with Gasteiger partial charge in [-0.2, -0.15) is 0 Å². The van der Waals surface area contributed by atoms with Crippen molar-refractivity contribution in [2.24, 2.45) is 5.92 Å². The number of carbonyl (C=O) groups is 2. The topological polar surface area (TPSA) is 40.6 Å². The number of hydrogen-bond acceptors (Lipinski definition) is 2. The van der Waals surface area contributed by atoms with Crippen molar-refractivity contribution in [1.82, 2.24) is 4.90 Å². The van der Waals surface area contributed by atoms with Crippen LogP contribution in [0.25, 0.3) is 0 Å². The lowest BCUT2D eigenvalue weighted by Gasteiger charge is -2.24. The van der Waals surface area contributed by atoms with E-state index < -0.39 is 0 Å². The van der Waals surface area contributed by atoms with E-state index in [1.165, 1.54) is 5.56 Å². The Bertz CT molecular complexity index is 801. The van der Waals surface area contributed by atoms with Crippen LogP contribution in [-0.2, 0) is 16.1 Å². The molecule has 1 heterocycles. The normalized spacial score (nSPS) is 16.8. The summed E-state index contributed by atoms with van der Waals surface area (Å²) in [5, 5.41) is 0. The first-order valence-corrected chi connectivity index (χ1v) is 9.20. The minimum atomic E-state index is -0.271. The van der Waals surface area contributed by atoms with Crippen molar-refractivity contribution in [1.29, 1.82) is 0 Å². The number of amides is 2. The maximum Gasteiger partial charge on any atom is 0.228 e. The lowest BCUT2D eigenvalue weighted by atomic mass is 10.1. The van der Waals surface area contributed by atoms with Crippen molar-refractivity contribution in [2.45, 2.75) is 33.7 Å². The molecule has 136 valence electrons. The average molecular weight is 350 g/mol. The van der Waals surface area contributed by atoms with Crippen molar-refractivity contribution in [3.63, 3.8) is 0 Å².